The molecule has 3 aromatic carbocycles. The number of hydrazone groups is 1. The second-order valence-electron chi connectivity index (χ2n) is 11.4. The fourth-order valence-electron chi connectivity index (χ4n) is 5.09. The molecule has 1 heterocycles. The van der Waals surface area contributed by atoms with Gasteiger partial charge in [-0.1, -0.05) is 60.7 Å². The van der Waals surface area contributed by atoms with E-state index in [-0.39, 0.29) is 37.2 Å². The molecule has 1 atom stereocenters. The quantitative estimate of drug-likeness (QED) is 0.0540. The number of hydrogen-bond acceptors (Lipinski definition) is 8. The second-order valence-corrected chi connectivity index (χ2v) is 11.4. The minimum absolute atomic E-state index is 0.0374. The summed E-state index contributed by atoms with van der Waals surface area (Å²) >= 11 is 0. The minimum atomic E-state index is -0.592. The van der Waals surface area contributed by atoms with E-state index >= 15 is 0 Å². The van der Waals surface area contributed by atoms with Crippen molar-refractivity contribution in [1.29, 1.82) is 0 Å². The summed E-state index contributed by atoms with van der Waals surface area (Å²) in [6.45, 7) is 1.01. The van der Waals surface area contributed by atoms with E-state index in [9.17, 15) is 19.2 Å². The van der Waals surface area contributed by atoms with Gasteiger partial charge in [-0.25, -0.2) is 10.9 Å². The first-order valence-corrected chi connectivity index (χ1v) is 16.2. The van der Waals surface area contributed by atoms with Crippen LogP contribution in [0.4, 0.5) is 0 Å². The van der Waals surface area contributed by atoms with Crippen LogP contribution in [0.2, 0.25) is 0 Å². The van der Waals surface area contributed by atoms with Crippen LogP contribution in [0.5, 0.6) is 5.75 Å². The predicted molar refractivity (Wildman–Crippen MR) is 180 cm³/mol. The van der Waals surface area contributed by atoms with Crippen LogP contribution in [0, 0.1) is 0 Å². The monoisotopic (exact) mass is 654 g/mol. The lowest BCUT2D eigenvalue weighted by atomic mass is 10.1. The minimum Gasteiger partial charge on any atom is -0.494 e. The van der Waals surface area contributed by atoms with Gasteiger partial charge in [0.05, 0.1) is 19.4 Å². The summed E-state index contributed by atoms with van der Waals surface area (Å²) in [6, 6.07) is 23.7. The molecule has 11 heteroatoms. The molecule has 0 bridgehead atoms. The van der Waals surface area contributed by atoms with Gasteiger partial charge in [-0.05, 0) is 79.1 Å². The Kier molecular flexibility index (Phi) is 14.4. The Balaban J connectivity index is 1.33. The van der Waals surface area contributed by atoms with Gasteiger partial charge >= 0.3 is 5.97 Å². The lowest BCUT2D eigenvalue weighted by Gasteiger charge is -2.28. The lowest BCUT2D eigenvalue weighted by Crippen LogP contribution is -2.35. The molecule has 3 aromatic rings. The number of hydrogen-bond donors (Lipinski definition) is 3. The number of nitrogens with zero attached hydrogens (tertiary/aromatic N) is 2. The third-order valence-electron chi connectivity index (χ3n) is 7.65. The van der Waals surface area contributed by atoms with Gasteiger partial charge in [-0.15, -0.1) is 0 Å². The molecule has 3 N–H and O–H groups in total. The summed E-state index contributed by atoms with van der Waals surface area (Å²) < 4.78 is 11.5. The molecule has 0 unspecified atom stereocenters. The zero-order valence-electron chi connectivity index (χ0n) is 26.9. The van der Waals surface area contributed by atoms with Crippen LogP contribution in [-0.4, -0.2) is 53.2 Å². The van der Waals surface area contributed by atoms with Gasteiger partial charge in [0.25, 0.3) is 5.91 Å². The zero-order chi connectivity index (χ0) is 34.0. The number of cyclic esters (lactones) is 1. The first-order valence-electron chi connectivity index (χ1n) is 16.2. The van der Waals surface area contributed by atoms with Crippen molar-refractivity contribution in [3.63, 3.8) is 0 Å². The van der Waals surface area contributed by atoms with Gasteiger partial charge in [0.2, 0.25) is 11.8 Å². The highest BCUT2D eigenvalue weighted by Gasteiger charge is 2.24. The smallest absolute Gasteiger partial charge is 0.306 e. The van der Waals surface area contributed by atoms with Crippen molar-refractivity contribution in [2.24, 2.45) is 5.10 Å². The van der Waals surface area contributed by atoms with Crippen LogP contribution in [0.3, 0.4) is 0 Å². The van der Waals surface area contributed by atoms with Crippen molar-refractivity contribution in [3.8, 4) is 5.75 Å². The number of carbonyl (C=O) groups is 4. The number of hydroxylamine groups is 1. The first kappa shape index (κ1) is 35.6. The molecule has 4 rings (SSSR count). The number of allylic oxidation sites excluding steroid dienone is 2. The molecule has 0 aromatic heterocycles. The van der Waals surface area contributed by atoms with E-state index in [1.165, 1.54) is 0 Å². The highest BCUT2D eigenvalue weighted by molar-refractivity contribution is 5.95. The topological polar surface area (TPSA) is 147 Å². The summed E-state index contributed by atoms with van der Waals surface area (Å²) in [5.41, 5.74) is 7.01. The van der Waals surface area contributed by atoms with E-state index in [4.69, 9.17) is 14.7 Å². The fraction of sp³-hybridized carbons (Fsp3) is 0.324. The number of amides is 3. The number of esters is 1. The summed E-state index contributed by atoms with van der Waals surface area (Å²) in [7, 11) is 0. The molecule has 252 valence electrons. The lowest BCUT2D eigenvalue weighted by molar-refractivity contribution is -0.152. The summed E-state index contributed by atoms with van der Waals surface area (Å²) in [4.78, 5) is 51.4. The summed E-state index contributed by atoms with van der Waals surface area (Å²) in [5.74, 6) is -0.495. The Morgan fingerprint density at radius 3 is 2.48 bits per heavy atom. The van der Waals surface area contributed by atoms with Crippen molar-refractivity contribution in [2.45, 2.75) is 64.0 Å². The molecule has 1 aliphatic heterocycles. The Bertz CT molecular complexity index is 1560. The zero-order valence-corrected chi connectivity index (χ0v) is 26.9. The molecule has 0 spiro atoms. The number of unbranched alkanes of at least 4 members (excludes halogenated alkanes) is 2. The standard InChI is InChI=1S/C37H42N4O7/c42-34(40-46)16-7-4-10-23-47-32-21-19-31(20-22-32)37(45)39-38-25-28-12-11-13-29(24-28)26-41-27-33(30-14-5-3-6-15-30)48-36(44)18-9-2-1-8-17-35(41)43/h1-3,5-6,11-15,19-22,24-25,33,46H,4,7-10,16-18,23,26-27H2,(H,39,45)(H,40,42)/b2-1+,38-25+/t33-/m1/s1. The van der Waals surface area contributed by atoms with Crippen molar-refractivity contribution < 1.29 is 33.9 Å². The van der Waals surface area contributed by atoms with Crippen molar-refractivity contribution >= 4 is 29.9 Å². The van der Waals surface area contributed by atoms with E-state index in [0.717, 1.165) is 29.5 Å². The molecule has 0 saturated heterocycles. The first-order chi connectivity index (χ1) is 23.4. The second kappa shape index (κ2) is 19.4. The molecule has 3 amide bonds. The maximum absolute atomic E-state index is 13.4. The maximum atomic E-state index is 13.4. The molecule has 0 aliphatic carbocycles. The van der Waals surface area contributed by atoms with Crippen LogP contribution in [0.25, 0.3) is 0 Å². The van der Waals surface area contributed by atoms with E-state index in [1.54, 1.807) is 40.9 Å². The predicted octanol–water partition coefficient (Wildman–Crippen LogP) is 5.64. The van der Waals surface area contributed by atoms with Crippen LogP contribution in [-0.2, 0) is 25.7 Å². The third-order valence-corrected chi connectivity index (χ3v) is 7.65. The summed E-state index contributed by atoms with van der Waals surface area (Å²) in [6.07, 6.45) is 9.06. The molecular weight excluding hydrogens is 612 g/mol. The van der Waals surface area contributed by atoms with Gasteiger partial charge < -0.3 is 14.4 Å². The van der Waals surface area contributed by atoms with Crippen molar-refractivity contribution in [2.75, 3.05) is 13.2 Å². The van der Waals surface area contributed by atoms with Gasteiger partial charge in [0, 0.05) is 31.4 Å². The highest BCUT2D eigenvalue weighted by Crippen LogP contribution is 2.23. The van der Waals surface area contributed by atoms with E-state index in [2.05, 4.69) is 10.5 Å². The van der Waals surface area contributed by atoms with Gasteiger partial charge in [0.15, 0.2) is 0 Å². The average Bonchev–Trinajstić information content (AvgIpc) is 3.10. The summed E-state index contributed by atoms with van der Waals surface area (Å²) in [5, 5.41) is 12.6. The number of carbonyl (C=O) groups excluding carboxylic acids is 4. The number of benzene rings is 3. The SMILES string of the molecule is O=C(CCCCCOc1ccc(C(=O)N/N=C/c2cccc(CN3C[C@H](c4ccccc4)OC(=O)CC/C=C/CCC3=O)c2)cc1)NO. The molecule has 1 aliphatic rings. The Labute approximate surface area is 280 Å². The Hall–Kier alpha value is -5.29. The van der Waals surface area contributed by atoms with Crippen molar-refractivity contribution in [1.82, 2.24) is 15.8 Å². The van der Waals surface area contributed by atoms with Crippen LogP contribution >= 0.6 is 0 Å². The molecule has 0 radical (unpaired) electrons. The number of rotatable bonds is 13. The van der Waals surface area contributed by atoms with Gasteiger partial charge in [-0.3, -0.25) is 24.4 Å². The van der Waals surface area contributed by atoms with Crippen LogP contribution in [0.1, 0.15) is 84.5 Å². The van der Waals surface area contributed by atoms with Gasteiger partial charge in [-0.2, -0.15) is 5.10 Å². The van der Waals surface area contributed by atoms with Crippen LogP contribution < -0.4 is 15.6 Å². The van der Waals surface area contributed by atoms with Crippen molar-refractivity contribution in [3.05, 3.63) is 113 Å². The third kappa shape index (κ3) is 12.1. The highest BCUT2D eigenvalue weighted by atomic mass is 16.5. The molecule has 0 fully saturated rings. The Morgan fingerprint density at radius 1 is 0.938 bits per heavy atom. The largest absolute Gasteiger partial charge is 0.494 e. The average molecular weight is 655 g/mol. The molecule has 0 saturated carbocycles. The van der Waals surface area contributed by atoms with E-state index in [1.807, 2.05) is 66.7 Å². The van der Waals surface area contributed by atoms with Gasteiger partial charge in [0.1, 0.15) is 11.9 Å². The maximum Gasteiger partial charge on any atom is 0.306 e. The molecular formula is C37H42N4O7. The molecule has 11 nitrogen and oxygen atoms in total. The van der Waals surface area contributed by atoms with E-state index in [0.29, 0.717) is 50.1 Å². The normalized spacial score (nSPS) is 16.4. The number of nitrogens with one attached hydrogen (secondary N) is 2. The van der Waals surface area contributed by atoms with Crippen LogP contribution in [0.15, 0.2) is 96.1 Å². The number of ether oxygens (including phenoxy) is 2. The Morgan fingerprint density at radius 2 is 1.71 bits per heavy atom. The fourth-order valence-corrected chi connectivity index (χ4v) is 5.09. The molecule has 48 heavy (non-hydrogen) atoms. The van der Waals surface area contributed by atoms with E-state index < -0.39 is 12.0 Å².